The van der Waals surface area contributed by atoms with Crippen molar-refractivity contribution in [3.8, 4) is 5.75 Å². The topological polar surface area (TPSA) is 90.1 Å². The van der Waals surface area contributed by atoms with Crippen LogP contribution in [0.3, 0.4) is 0 Å². The third-order valence-electron chi connectivity index (χ3n) is 5.66. The number of aromatic nitrogens is 2. The second kappa shape index (κ2) is 7.51. The van der Waals surface area contributed by atoms with E-state index in [4.69, 9.17) is 9.32 Å². The van der Waals surface area contributed by atoms with Gasteiger partial charge in [-0.05, 0) is 41.5 Å². The van der Waals surface area contributed by atoms with Crippen LogP contribution in [0.5, 0.6) is 5.75 Å². The van der Waals surface area contributed by atoms with Crippen molar-refractivity contribution < 1.29 is 17.0 Å². The molecule has 0 amide bonds. The van der Waals surface area contributed by atoms with Crippen molar-refractivity contribution in [2.75, 3.05) is 0 Å². The molecule has 5 aromatic rings. The molecule has 1 unspecified atom stereocenters. The van der Waals surface area contributed by atoms with Gasteiger partial charge in [0, 0.05) is 52.7 Å². The van der Waals surface area contributed by atoms with Crippen LogP contribution in [0.2, 0.25) is 0 Å². The highest BCUT2D eigenvalue weighted by molar-refractivity contribution is 7.84. The standard InChI is InChI=1S/C24H20FN3O3S/c1-28-14-20(17-7-3-5-9-22(17)28)24(19-13-27-21-8-4-2-6-16(19)21)18-12-15(25)10-11-23(18)31-32(26,29)30/h2-14,24,27H,1H3,(H2,26,29,30). The molecule has 0 radical (unpaired) electrons. The predicted molar refractivity (Wildman–Crippen MR) is 122 cm³/mol. The first-order chi connectivity index (χ1) is 15.3. The number of nitrogens with two attached hydrogens (primary N) is 1. The number of benzene rings is 3. The van der Waals surface area contributed by atoms with E-state index in [1.54, 1.807) is 0 Å². The van der Waals surface area contributed by atoms with E-state index in [1.165, 1.54) is 12.1 Å². The van der Waals surface area contributed by atoms with E-state index >= 15 is 0 Å². The number of nitrogens with one attached hydrogen (secondary N) is 1. The summed E-state index contributed by atoms with van der Waals surface area (Å²) in [6.07, 6.45) is 3.84. The molecule has 32 heavy (non-hydrogen) atoms. The SMILES string of the molecule is Cn1cc(C(c2cc(F)ccc2OS(N)(=O)=O)c2c[nH]c3ccccc23)c2ccccc21. The van der Waals surface area contributed by atoms with Crippen molar-refractivity contribution in [2.45, 2.75) is 5.92 Å². The van der Waals surface area contributed by atoms with Gasteiger partial charge in [0.15, 0.2) is 0 Å². The van der Waals surface area contributed by atoms with Gasteiger partial charge in [-0.3, -0.25) is 0 Å². The molecule has 0 saturated heterocycles. The fraction of sp³-hybridized carbons (Fsp3) is 0.0833. The molecule has 0 aliphatic rings. The van der Waals surface area contributed by atoms with Gasteiger partial charge in [0.25, 0.3) is 0 Å². The molecule has 162 valence electrons. The van der Waals surface area contributed by atoms with Crippen LogP contribution in [-0.4, -0.2) is 18.0 Å². The Balaban J connectivity index is 1.86. The Morgan fingerprint density at radius 2 is 1.69 bits per heavy atom. The molecule has 3 aromatic carbocycles. The van der Waals surface area contributed by atoms with Crippen molar-refractivity contribution in [3.63, 3.8) is 0 Å². The molecule has 0 aliphatic carbocycles. The van der Waals surface area contributed by atoms with E-state index < -0.39 is 22.0 Å². The minimum Gasteiger partial charge on any atom is -0.371 e. The van der Waals surface area contributed by atoms with Crippen LogP contribution in [0.4, 0.5) is 4.39 Å². The molecular weight excluding hydrogens is 429 g/mol. The van der Waals surface area contributed by atoms with Crippen molar-refractivity contribution in [1.82, 2.24) is 9.55 Å². The summed E-state index contributed by atoms with van der Waals surface area (Å²) in [6.45, 7) is 0. The molecule has 0 aliphatic heterocycles. The number of aryl methyl sites for hydroxylation is 1. The van der Waals surface area contributed by atoms with Gasteiger partial charge < -0.3 is 13.7 Å². The Kier molecular flexibility index (Phi) is 4.76. The van der Waals surface area contributed by atoms with Crippen molar-refractivity contribution in [3.05, 3.63) is 102 Å². The lowest BCUT2D eigenvalue weighted by Crippen LogP contribution is -2.20. The molecule has 0 spiro atoms. The Morgan fingerprint density at radius 1 is 0.969 bits per heavy atom. The van der Waals surface area contributed by atoms with Gasteiger partial charge in [0.1, 0.15) is 11.6 Å². The maximum atomic E-state index is 14.5. The number of hydrogen-bond donors (Lipinski definition) is 2. The highest BCUT2D eigenvalue weighted by atomic mass is 32.2. The van der Waals surface area contributed by atoms with E-state index in [-0.39, 0.29) is 5.75 Å². The summed E-state index contributed by atoms with van der Waals surface area (Å²) < 4.78 is 45.1. The van der Waals surface area contributed by atoms with Gasteiger partial charge in [-0.1, -0.05) is 36.4 Å². The second-order valence-electron chi connectivity index (χ2n) is 7.69. The molecule has 0 bridgehead atoms. The van der Waals surface area contributed by atoms with Crippen molar-refractivity contribution >= 4 is 32.1 Å². The summed E-state index contributed by atoms with van der Waals surface area (Å²) in [5.74, 6) is -1.05. The summed E-state index contributed by atoms with van der Waals surface area (Å²) in [5, 5.41) is 7.07. The molecule has 1 atom stereocenters. The first kappa shape index (κ1) is 20.3. The van der Waals surface area contributed by atoms with Gasteiger partial charge >= 0.3 is 10.3 Å². The number of H-pyrrole nitrogens is 1. The fourth-order valence-electron chi connectivity index (χ4n) is 4.38. The first-order valence-corrected chi connectivity index (χ1v) is 11.4. The summed E-state index contributed by atoms with van der Waals surface area (Å²) in [6, 6.07) is 19.4. The molecular formula is C24H20FN3O3S. The first-order valence-electron chi connectivity index (χ1n) is 9.93. The third kappa shape index (κ3) is 3.53. The highest BCUT2D eigenvalue weighted by Gasteiger charge is 2.28. The van der Waals surface area contributed by atoms with E-state index in [0.29, 0.717) is 5.56 Å². The Labute approximate surface area is 184 Å². The molecule has 2 heterocycles. The molecule has 3 N–H and O–H groups in total. The zero-order chi connectivity index (χ0) is 22.5. The van der Waals surface area contributed by atoms with Gasteiger partial charge in [-0.2, -0.15) is 13.6 Å². The van der Waals surface area contributed by atoms with Gasteiger partial charge in [0.2, 0.25) is 0 Å². The monoisotopic (exact) mass is 449 g/mol. The van der Waals surface area contributed by atoms with Gasteiger partial charge in [-0.15, -0.1) is 0 Å². The number of para-hydroxylation sites is 2. The van der Waals surface area contributed by atoms with E-state index in [0.717, 1.165) is 39.0 Å². The Hall–Kier alpha value is -3.62. The number of aromatic amines is 1. The van der Waals surface area contributed by atoms with Crippen LogP contribution in [0.25, 0.3) is 21.8 Å². The minimum atomic E-state index is -4.31. The van der Waals surface area contributed by atoms with Crippen molar-refractivity contribution in [2.24, 2.45) is 12.2 Å². The lowest BCUT2D eigenvalue weighted by Gasteiger charge is -2.20. The Bertz CT molecular complexity index is 1570. The van der Waals surface area contributed by atoms with E-state index in [9.17, 15) is 12.8 Å². The number of fused-ring (bicyclic) bond motifs is 2. The van der Waals surface area contributed by atoms with Crippen molar-refractivity contribution in [1.29, 1.82) is 0 Å². The zero-order valence-electron chi connectivity index (χ0n) is 17.1. The molecule has 8 heteroatoms. The lowest BCUT2D eigenvalue weighted by atomic mass is 9.84. The summed E-state index contributed by atoms with van der Waals surface area (Å²) in [7, 11) is -2.38. The van der Waals surface area contributed by atoms with Crippen LogP contribution in [0.15, 0.2) is 79.1 Å². The van der Waals surface area contributed by atoms with Crippen LogP contribution in [0.1, 0.15) is 22.6 Å². The largest absolute Gasteiger partial charge is 0.380 e. The highest BCUT2D eigenvalue weighted by Crippen LogP contribution is 2.43. The van der Waals surface area contributed by atoms with Gasteiger partial charge in [-0.25, -0.2) is 4.39 Å². The minimum absolute atomic E-state index is 0.0166. The maximum absolute atomic E-state index is 14.5. The molecule has 0 fully saturated rings. The third-order valence-corrected chi connectivity index (χ3v) is 6.07. The molecule has 2 aromatic heterocycles. The van der Waals surface area contributed by atoms with Crippen LogP contribution in [-0.2, 0) is 17.4 Å². The zero-order valence-corrected chi connectivity index (χ0v) is 17.9. The molecule has 0 saturated carbocycles. The fourth-order valence-corrected chi connectivity index (χ4v) is 4.79. The number of hydrogen-bond acceptors (Lipinski definition) is 3. The number of rotatable bonds is 5. The quantitative estimate of drug-likeness (QED) is 0.412. The van der Waals surface area contributed by atoms with E-state index in [1.807, 2.05) is 72.5 Å². The van der Waals surface area contributed by atoms with Crippen LogP contribution < -0.4 is 9.32 Å². The summed E-state index contributed by atoms with van der Waals surface area (Å²) in [4.78, 5) is 3.26. The lowest BCUT2D eigenvalue weighted by molar-refractivity contribution is 0.482. The number of nitrogens with zero attached hydrogens (tertiary/aromatic N) is 1. The van der Waals surface area contributed by atoms with E-state index in [2.05, 4.69) is 4.98 Å². The average Bonchev–Trinajstić information content (AvgIpc) is 3.32. The van der Waals surface area contributed by atoms with Crippen LogP contribution >= 0.6 is 0 Å². The normalized spacial score (nSPS) is 13.0. The smallest absolute Gasteiger partial charge is 0.371 e. The maximum Gasteiger partial charge on any atom is 0.380 e. The predicted octanol–water partition coefficient (Wildman–Crippen LogP) is 4.56. The average molecular weight is 450 g/mol. The Morgan fingerprint density at radius 3 is 2.47 bits per heavy atom. The van der Waals surface area contributed by atoms with Crippen LogP contribution in [0, 0.1) is 5.82 Å². The summed E-state index contributed by atoms with van der Waals surface area (Å²) in [5.41, 5.74) is 4.02. The molecule has 5 rings (SSSR count). The summed E-state index contributed by atoms with van der Waals surface area (Å²) >= 11 is 0. The second-order valence-corrected chi connectivity index (χ2v) is 8.85. The number of halogens is 1. The van der Waals surface area contributed by atoms with Gasteiger partial charge in [0.05, 0.1) is 0 Å². The molecule has 6 nitrogen and oxygen atoms in total.